The third-order valence-corrected chi connectivity index (χ3v) is 2.66. The minimum absolute atomic E-state index is 0.243. The van der Waals surface area contributed by atoms with Gasteiger partial charge in [-0.1, -0.05) is 0 Å². The molecule has 2 aromatic heterocycles. The van der Waals surface area contributed by atoms with E-state index in [4.69, 9.17) is 14.6 Å². The standard InChI is InChI=1S/C13H18N2O3/c14-7-11(16)8-15(9-12-3-1-5-17-12)10-13-4-2-6-18-13/h1-6,11,16H,7-10,14H2. The SMILES string of the molecule is NCC(O)CN(Cc1ccco1)Cc1ccco1. The largest absolute Gasteiger partial charge is 0.468 e. The maximum atomic E-state index is 9.66. The summed E-state index contributed by atoms with van der Waals surface area (Å²) in [6.45, 7) is 1.96. The number of aliphatic hydroxyl groups excluding tert-OH is 1. The first-order valence-electron chi connectivity index (χ1n) is 5.93. The molecule has 2 heterocycles. The van der Waals surface area contributed by atoms with Crippen LogP contribution in [0, 0.1) is 0 Å². The van der Waals surface area contributed by atoms with Crippen molar-refractivity contribution in [3.8, 4) is 0 Å². The number of hydrogen-bond donors (Lipinski definition) is 2. The van der Waals surface area contributed by atoms with Crippen molar-refractivity contribution in [2.24, 2.45) is 5.73 Å². The zero-order valence-electron chi connectivity index (χ0n) is 10.2. The molecule has 3 N–H and O–H groups in total. The maximum Gasteiger partial charge on any atom is 0.117 e. The van der Waals surface area contributed by atoms with Crippen molar-refractivity contribution in [2.45, 2.75) is 19.2 Å². The van der Waals surface area contributed by atoms with E-state index in [-0.39, 0.29) is 6.54 Å². The highest BCUT2D eigenvalue weighted by Crippen LogP contribution is 2.11. The van der Waals surface area contributed by atoms with Crippen LogP contribution in [-0.4, -0.2) is 29.2 Å². The average Bonchev–Trinajstić information content (AvgIpc) is 3.02. The highest BCUT2D eigenvalue weighted by molar-refractivity contribution is 5.01. The van der Waals surface area contributed by atoms with E-state index in [0.29, 0.717) is 19.6 Å². The van der Waals surface area contributed by atoms with E-state index in [1.807, 2.05) is 29.2 Å². The van der Waals surface area contributed by atoms with E-state index < -0.39 is 6.10 Å². The van der Waals surface area contributed by atoms with E-state index >= 15 is 0 Å². The molecule has 0 saturated carbocycles. The molecule has 1 unspecified atom stereocenters. The molecule has 98 valence electrons. The summed E-state index contributed by atoms with van der Waals surface area (Å²) in [6, 6.07) is 7.51. The highest BCUT2D eigenvalue weighted by atomic mass is 16.3. The quantitative estimate of drug-likeness (QED) is 0.772. The molecule has 0 spiro atoms. The van der Waals surface area contributed by atoms with Gasteiger partial charge in [-0.3, -0.25) is 4.90 Å². The van der Waals surface area contributed by atoms with Crippen molar-refractivity contribution >= 4 is 0 Å². The fourth-order valence-corrected chi connectivity index (χ4v) is 1.80. The molecule has 5 nitrogen and oxygen atoms in total. The predicted molar refractivity (Wildman–Crippen MR) is 66.6 cm³/mol. The van der Waals surface area contributed by atoms with Crippen molar-refractivity contribution < 1.29 is 13.9 Å². The Kier molecular flexibility index (Phi) is 4.58. The van der Waals surface area contributed by atoms with Gasteiger partial charge >= 0.3 is 0 Å². The van der Waals surface area contributed by atoms with Gasteiger partial charge in [0.2, 0.25) is 0 Å². The fraction of sp³-hybridized carbons (Fsp3) is 0.385. The maximum absolute atomic E-state index is 9.66. The molecular weight excluding hydrogens is 232 g/mol. The number of nitrogens with two attached hydrogens (primary N) is 1. The highest BCUT2D eigenvalue weighted by Gasteiger charge is 2.14. The molecule has 2 rings (SSSR count). The lowest BCUT2D eigenvalue weighted by Gasteiger charge is -2.22. The van der Waals surface area contributed by atoms with Gasteiger partial charge in [-0.2, -0.15) is 0 Å². The second-order valence-electron chi connectivity index (χ2n) is 4.22. The summed E-state index contributed by atoms with van der Waals surface area (Å²) in [6.07, 6.45) is 2.73. The van der Waals surface area contributed by atoms with E-state index in [9.17, 15) is 5.11 Å². The summed E-state index contributed by atoms with van der Waals surface area (Å²) >= 11 is 0. The van der Waals surface area contributed by atoms with Crippen molar-refractivity contribution in [2.75, 3.05) is 13.1 Å². The first-order valence-corrected chi connectivity index (χ1v) is 5.93. The van der Waals surface area contributed by atoms with Crippen LogP contribution in [0.3, 0.4) is 0 Å². The fourth-order valence-electron chi connectivity index (χ4n) is 1.80. The molecule has 0 fully saturated rings. The Morgan fingerprint density at radius 3 is 2.06 bits per heavy atom. The molecule has 18 heavy (non-hydrogen) atoms. The summed E-state index contributed by atoms with van der Waals surface area (Å²) in [5.41, 5.74) is 5.44. The monoisotopic (exact) mass is 250 g/mol. The van der Waals surface area contributed by atoms with Crippen molar-refractivity contribution in [1.29, 1.82) is 0 Å². The van der Waals surface area contributed by atoms with Gasteiger partial charge in [-0.05, 0) is 24.3 Å². The van der Waals surface area contributed by atoms with Gasteiger partial charge in [0.1, 0.15) is 11.5 Å². The Balaban J connectivity index is 1.97. The number of aliphatic hydroxyl groups is 1. The number of rotatable bonds is 7. The molecule has 0 amide bonds. The van der Waals surface area contributed by atoms with Crippen LogP contribution >= 0.6 is 0 Å². The molecule has 0 saturated heterocycles. The second kappa shape index (κ2) is 6.39. The van der Waals surface area contributed by atoms with E-state index in [1.165, 1.54) is 0 Å². The van der Waals surface area contributed by atoms with Crippen LogP contribution in [0.1, 0.15) is 11.5 Å². The lowest BCUT2D eigenvalue weighted by molar-refractivity contribution is 0.101. The molecule has 1 atom stereocenters. The Morgan fingerprint density at radius 2 is 1.67 bits per heavy atom. The Morgan fingerprint density at radius 1 is 1.11 bits per heavy atom. The third-order valence-electron chi connectivity index (χ3n) is 2.66. The zero-order valence-corrected chi connectivity index (χ0v) is 10.2. The van der Waals surface area contributed by atoms with Crippen LogP contribution in [0.25, 0.3) is 0 Å². The van der Waals surface area contributed by atoms with Crippen molar-refractivity contribution in [3.63, 3.8) is 0 Å². The summed E-state index contributed by atoms with van der Waals surface area (Å²) < 4.78 is 10.6. The van der Waals surface area contributed by atoms with Gasteiger partial charge in [-0.25, -0.2) is 0 Å². The molecule has 0 radical (unpaired) electrons. The van der Waals surface area contributed by atoms with E-state index in [0.717, 1.165) is 11.5 Å². The second-order valence-corrected chi connectivity index (χ2v) is 4.22. The first kappa shape index (κ1) is 12.9. The first-order chi connectivity index (χ1) is 8.78. The van der Waals surface area contributed by atoms with Gasteiger partial charge in [0.15, 0.2) is 0 Å². The smallest absolute Gasteiger partial charge is 0.117 e. The van der Waals surface area contributed by atoms with Crippen LogP contribution in [0.2, 0.25) is 0 Å². The molecule has 2 aromatic rings. The molecule has 0 bridgehead atoms. The van der Waals surface area contributed by atoms with Crippen molar-refractivity contribution in [1.82, 2.24) is 4.90 Å². The van der Waals surface area contributed by atoms with Crippen LogP contribution in [0.4, 0.5) is 0 Å². The molecule has 5 heteroatoms. The van der Waals surface area contributed by atoms with Gasteiger partial charge in [0.05, 0.1) is 31.7 Å². The Bertz CT molecular complexity index is 389. The zero-order chi connectivity index (χ0) is 12.8. The Labute approximate surface area is 106 Å². The van der Waals surface area contributed by atoms with Crippen LogP contribution < -0.4 is 5.73 Å². The number of furan rings is 2. The summed E-state index contributed by atoms with van der Waals surface area (Å²) in [7, 11) is 0. The van der Waals surface area contributed by atoms with Gasteiger partial charge in [-0.15, -0.1) is 0 Å². The predicted octanol–water partition coefficient (Wildman–Crippen LogP) is 1.19. The summed E-state index contributed by atoms with van der Waals surface area (Å²) in [5.74, 6) is 1.71. The minimum atomic E-state index is -0.546. The molecule has 0 aliphatic rings. The van der Waals surface area contributed by atoms with Crippen molar-refractivity contribution in [3.05, 3.63) is 48.3 Å². The van der Waals surface area contributed by atoms with Gasteiger partial charge in [0.25, 0.3) is 0 Å². The molecule has 0 aliphatic heterocycles. The number of nitrogens with zero attached hydrogens (tertiary/aromatic N) is 1. The normalized spacial score (nSPS) is 13.1. The lowest BCUT2D eigenvalue weighted by atomic mass is 10.3. The summed E-state index contributed by atoms with van der Waals surface area (Å²) in [4.78, 5) is 2.04. The summed E-state index contributed by atoms with van der Waals surface area (Å²) in [5, 5.41) is 9.66. The lowest BCUT2D eigenvalue weighted by Crippen LogP contribution is -2.35. The topological polar surface area (TPSA) is 75.8 Å². The minimum Gasteiger partial charge on any atom is -0.468 e. The van der Waals surface area contributed by atoms with Crippen LogP contribution in [-0.2, 0) is 13.1 Å². The van der Waals surface area contributed by atoms with Crippen LogP contribution in [0.5, 0.6) is 0 Å². The third kappa shape index (κ3) is 3.73. The van der Waals surface area contributed by atoms with Gasteiger partial charge < -0.3 is 19.7 Å². The average molecular weight is 250 g/mol. The van der Waals surface area contributed by atoms with Crippen LogP contribution in [0.15, 0.2) is 45.6 Å². The van der Waals surface area contributed by atoms with Gasteiger partial charge in [0, 0.05) is 13.1 Å². The van der Waals surface area contributed by atoms with E-state index in [2.05, 4.69) is 0 Å². The Hall–Kier alpha value is -1.56. The molecular formula is C13H18N2O3. The number of hydrogen-bond acceptors (Lipinski definition) is 5. The molecule has 0 aliphatic carbocycles. The van der Waals surface area contributed by atoms with E-state index in [1.54, 1.807) is 12.5 Å². The molecule has 0 aromatic carbocycles.